The van der Waals surface area contributed by atoms with Gasteiger partial charge in [0.15, 0.2) is 0 Å². The number of amides is 3. The van der Waals surface area contributed by atoms with Gasteiger partial charge >= 0.3 is 12.4 Å². The molecule has 0 saturated heterocycles. The average molecular weight is 681 g/mol. The van der Waals surface area contributed by atoms with Gasteiger partial charge in [-0.05, 0) is 99.8 Å². The summed E-state index contributed by atoms with van der Waals surface area (Å²) in [6, 6.07) is 7.63. The molecule has 15 heteroatoms. The Balaban J connectivity index is 1.42. The van der Waals surface area contributed by atoms with Gasteiger partial charge in [0.2, 0.25) is 5.95 Å². The van der Waals surface area contributed by atoms with E-state index >= 15 is 0 Å². The van der Waals surface area contributed by atoms with Crippen molar-refractivity contribution in [2.45, 2.75) is 71.3 Å². The minimum absolute atomic E-state index is 0.0851. The molecule has 1 atom stereocenters. The molecule has 2 aromatic carbocycles. The Kier molecular flexibility index (Phi) is 9.05. The van der Waals surface area contributed by atoms with Crippen molar-refractivity contribution in [3.05, 3.63) is 52.0 Å². The number of carbonyl (C=O) groups is 2. The molecule has 1 unspecified atom stereocenters. The fourth-order valence-corrected chi connectivity index (χ4v) is 6.49. The van der Waals surface area contributed by atoms with Crippen LogP contribution in [0, 0.1) is 11.3 Å². The maximum Gasteiger partial charge on any atom is 0.573 e. The van der Waals surface area contributed by atoms with Crippen molar-refractivity contribution in [3.63, 3.8) is 0 Å². The number of hydrogen-bond donors (Lipinski definition) is 3. The fraction of sp³-hybridized carbons (Fsp3) is 0.483. The van der Waals surface area contributed by atoms with Gasteiger partial charge in [0, 0.05) is 28.2 Å². The molecule has 44 heavy (non-hydrogen) atoms. The van der Waals surface area contributed by atoms with Crippen LogP contribution in [0.5, 0.6) is 11.5 Å². The first-order chi connectivity index (χ1) is 20.8. The number of carbonyl (C=O) groups excluding carboxylic acids is 2. The van der Waals surface area contributed by atoms with Crippen LogP contribution in [-0.2, 0) is 0 Å². The Labute approximate surface area is 260 Å². The smallest absolute Gasteiger partial charge is 0.493 e. The maximum absolute atomic E-state index is 14.0. The van der Waals surface area contributed by atoms with Crippen LogP contribution in [0.25, 0.3) is 0 Å². The van der Waals surface area contributed by atoms with Crippen molar-refractivity contribution in [3.8, 4) is 11.5 Å². The first kappa shape index (κ1) is 31.5. The molecular weight excluding hydrogens is 647 g/mol. The van der Waals surface area contributed by atoms with E-state index in [4.69, 9.17) is 4.74 Å². The van der Waals surface area contributed by atoms with Gasteiger partial charge in [-0.25, -0.2) is 9.89 Å². The Morgan fingerprint density at radius 1 is 1.05 bits per heavy atom. The van der Waals surface area contributed by atoms with E-state index in [1.807, 2.05) is 4.90 Å². The number of fused-ring (bicyclic) bond motifs is 1. The SMILES string of the molecule is CC(C)(C)[C@H]1CC[C@H](N(C(=O)Nc2ccc(OC(F)(F)F)cc2)C2CCOc3cc(C(=O)Nc4nnn[nH]4)c(Br)cc32)CC1. The highest BCUT2D eigenvalue weighted by Crippen LogP contribution is 2.45. The van der Waals surface area contributed by atoms with Gasteiger partial charge in [-0.15, -0.1) is 13.2 Å². The number of aromatic nitrogens is 4. The van der Waals surface area contributed by atoms with Gasteiger partial charge in [0.1, 0.15) is 11.5 Å². The molecular formula is C29H33BrF3N7O4. The molecule has 3 aromatic rings. The van der Waals surface area contributed by atoms with Gasteiger partial charge in [-0.2, -0.15) is 0 Å². The lowest BCUT2D eigenvalue weighted by atomic mass is 9.71. The number of benzene rings is 2. The molecule has 1 fully saturated rings. The molecule has 2 heterocycles. The predicted octanol–water partition coefficient (Wildman–Crippen LogP) is 7.08. The van der Waals surface area contributed by atoms with Gasteiger partial charge < -0.3 is 19.7 Å². The third kappa shape index (κ3) is 7.42. The average Bonchev–Trinajstić information content (AvgIpc) is 3.46. The number of halogens is 4. The third-order valence-electron chi connectivity index (χ3n) is 8.15. The standard InChI is InChI=1S/C29H33BrF3N7O4/c1-28(2,3)16-4-8-18(9-5-16)40(27(42)34-17-6-10-19(11-7-17)44-29(31,32)33)23-12-13-43-24-15-20(22(30)14-21(23)24)25(41)35-26-36-38-39-37-26/h6-7,10-11,14-16,18,23H,4-5,8-9,12-13H2,1-3H3,(H,34,42)(H2,35,36,37,38,39,41)/t16-,18-,23?. The van der Waals surface area contributed by atoms with Crippen molar-refractivity contribution in [1.29, 1.82) is 0 Å². The monoisotopic (exact) mass is 679 g/mol. The summed E-state index contributed by atoms with van der Waals surface area (Å²) in [6.45, 7) is 7.01. The van der Waals surface area contributed by atoms with Gasteiger partial charge in [-0.1, -0.05) is 25.9 Å². The van der Waals surface area contributed by atoms with Crippen molar-refractivity contribution >= 4 is 39.5 Å². The summed E-state index contributed by atoms with van der Waals surface area (Å²) in [5, 5.41) is 18.5. The summed E-state index contributed by atoms with van der Waals surface area (Å²) < 4.78 is 48.3. The third-order valence-corrected chi connectivity index (χ3v) is 8.81. The molecule has 1 aliphatic heterocycles. The molecule has 0 spiro atoms. The van der Waals surface area contributed by atoms with E-state index in [0.717, 1.165) is 43.4 Å². The second-order valence-corrected chi connectivity index (χ2v) is 12.9. The molecule has 1 aliphatic carbocycles. The van der Waals surface area contributed by atoms with Crippen LogP contribution in [0.3, 0.4) is 0 Å². The zero-order valence-corrected chi connectivity index (χ0v) is 26.0. The number of nitrogens with one attached hydrogen (secondary N) is 3. The highest BCUT2D eigenvalue weighted by atomic mass is 79.9. The lowest BCUT2D eigenvalue weighted by molar-refractivity contribution is -0.274. The molecule has 1 aromatic heterocycles. The highest BCUT2D eigenvalue weighted by Gasteiger charge is 2.39. The summed E-state index contributed by atoms with van der Waals surface area (Å²) >= 11 is 3.51. The summed E-state index contributed by atoms with van der Waals surface area (Å²) in [7, 11) is 0. The summed E-state index contributed by atoms with van der Waals surface area (Å²) in [5.74, 6) is 0.235. The lowest BCUT2D eigenvalue weighted by Crippen LogP contribution is -2.48. The maximum atomic E-state index is 14.0. The summed E-state index contributed by atoms with van der Waals surface area (Å²) in [6.07, 6.45) is -0.792. The van der Waals surface area contributed by atoms with E-state index in [9.17, 15) is 22.8 Å². The van der Waals surface area contributed by atoms with E-state index in [1.54, 1.807) is 12.1 Å². The number of alkyl halides is 3. The van der Waals surface area contributed by atoms with Crippen LogP contribution in [0.2, 0.25) is 0 Å². The van der Waals surface area contributed by atoms with Crippen LogP contribution in [0.4, 0.5) is 29.6 Å². The first-order valence-corrected chi connectivity index (χ1v) is 15.0. The number of H-pyrrole nitrogens is 1. The van der Waals surface area contributed by atoms with Crippen molar-refractivity contribution in [2.24, 2.45) is 11.3 Å². The van der Waals surface area contributed by atoms with Crippen LogP contribution in [0.15, 0.2) is 40.9 Å². The minimum Gasteiger partial charge on any atom is -0.493 e. The number of hydrogen-bond acceptors (Lipinski definition) is 7. The number of rotatable bonds is 6. The van der Waals surface area contributed by atoms with E-state index in [2.05, 4.69) is 72.7 Å². The Morgan fingerprint density at radius 3 is 2.36 bits per heavy atom. The molecule has 3 N–H and O–H groups in total. The molecule has 236 valence electrons. The number of aromatic amines is 1. The van der Waals surface area contributed by atoms with Crippen LogP contribution >= 0.6 is 15.9 Å². The van der Waals surface area contributed by atoms with E-state index in [1.165, 1.54) is 12.1 Å². The van der Waals surface area contributed by atoms with Crippen LogP contribution in [-0.4, -0.2) is 56.5 Å². The second-order valence-electron chi connectivity index (χ2n) is 12.0. The Morgan fingerprint density at radius 2 is 1.75 bits per heavy atom. The Hall–Kier alpha value is -3.88. The number of tetrazole rings is 1. The highest BCUT2D eigenvalue weighted by molar-refractivity contribution is 9.10. The number of ether oxygens (including phenoxy) is 2. The van der Waals surface area contributed by atoms with Gasteiger partial charge in [0.25, 0.3) is 5.91 Å². The number of urea groups is 1. The zero-order chi connectivity index (χ0) is 31.6. The normalized spacial score (nSPS) is 20.2. The molecule has 1 saturated carbocycles. The largest absolute Gasteiger partial charge is 0.573 e. The molecule has 0 radical (unpaired) electrons. The van der Waals surface area contributed by atoms with E-state index < -0.39 is 12.3 Å². The molecule has 0 bridgehead atoms. The number of nitrogens with zero attached hydrogens (tertiary/aromatic N) is 4. The lowest BCUT2D eigenvalue weighted by Gasteiger charge is -2.45. The van der Waals surface area contributed by atoms with Gasteiger partial charge in [0.05, 0.1) is 18.2 Å². The molecule has 3 amide bonds. The molecule has 11 nitrogen and oxygen atoms in total. The van der Waals surface area contributed by atoms with Crippen molar-refractivity contribution < 1.29 is 32.2 Å². The van der Waals surface area contributed by atoms with Crippen LogP contribution < -0.4 is 20.1 Å². The zero-order valence-electron chi connectivity index (χ0n) is 24.4. The fourth-order valence-electron chi connectivity index (χ4n) is 5.95. The van der Waals surface area contributed by atoms with E-state index in [0.29, 0.717) is 40.4 Å². The molecule has 5 rings (SSSR count). The number of anilines is 2. The quantitative estimate of drug-likeness (QED) is 0.254. The molecule has 2 aliphatic rings. The summed E-state index contributed by atoms with van der Waals surface area (Å²) in [4.78, 5) is 28.8. The Bertz CT molecular complexity index is 1470. The summed E-state index contributed by atoms with van der Waals surface area (Å²) in [5.41, 5.74) is 1.51. The van der Waals surface area contributed by atoms with Crippen LogP contribution in [0.1, 0.15) is 74.8 Å². The predicted molar refractivity (Wildman–Crippen MR) is 158 cm³/mol. The van der Waals surface area contributed by atoms with E-state index in [-0.39, 0.29) is 35.2 Å². The van der Waals surface area contributed by atoms with Crippen molar-refractivity contribution in [2.75, 3.05) is 17.2 Å². The topological polar surface area (TPSA) is 134 Å². The van der Waals surface area contributed by atoms with Gasteiger partial charge in [-0.3, -0.25) is 10.1 Å². The first-order valence-electron chi connectivity index (χ1n) is 14.2. The van der Waals surface area contributed by atoms with Crippen molar-refractivity contribution in [1.82, 2.24) is 25.5 Å². The minimum atomic E-state index is -4.81. The second kappa shape index (κ2) is 12.6.